The summed E-state index contributed by atoms with van der Waals surface area (Å²) >= 11 is 1.86. The number of benzene rings is 11. The van der Waals surface area contributed by atoms with Gasteiger partial charge in [-0.1, -0.05) is 202 Å². The van der Waals surface area contributed by atoms with Gasteiger partial charge in [-0.25, -0.2) is 0 Å². The van der Waals surface area contributed by atoms with Crippen molar-refractivity contribution >= 4 is 87.6 Å². The summed E-state index contributed by atoms with van der Waals surface area (Å²) in [6, 6.07) is 94.1. The van der Waals surface area contributed by atoms with Gasteiger partial charge in [0, 0.05) is 53.5 Å². The summed E-state index contributed by atoms with van der Waals surface area (Å²) < 4.78 is 9.25. The zero-order valence-electron chi connectivity index (χ0n) is 41.0. The Hall–Kier alpha value is -8.96. The quantitative estimate of drug-likeness (QED) is 0.151. The number of anilines is 6. The van der Waals surface area contributed by atoms with Gasteiger partial charge in [0.05, 0.1) is 33.6 Å². The zero-order chi connectivity index (χ0) is 49.1. The lowest BCUT2D eigenvalue weighted by Crippen LogP contribution is -2.28. The van der Waals surface area contributed by atoms with Gasteiger partial charge in [-0.05, 0) is 111 Å². The fraction of sp³-hybridized carbons (Fsp3) is 0.0571. The Morgan fingerprint density at radius 3 is 1.54 bits per heavy atom. The van der Waals surface area contributed by atoms with Gasteiger partial charge in [0.15, 0.2) is 0 Å². The van der Waals surface area contributed by atoms with Gasteiger partial charge in [0.1, 0.15) is 11.2 Å². The van der Waals surface area contributed by atoms with E-state index in [2.05, 4.69) is 278 Å². The zero-order valence-corrected chi connectivity index (χ0v) is 41.8. The highest BCUT2D eigenvalue weighted by Crippen LogP contribution is 2.61. The molecule has 0 saturated carbocycles. The molecule has 3 nitrogen and oxygen atoms in total. The molecule has 0 atom stereocenters. The molecule has 0 bridgehead atoms. The summed E-state index contributed by atoms with van der Waals surface area (Å²) in [4.78, 5) is 5.07. The molecule has 2 heterocycles. The second-order valence-corrected chi connectivity index (χ2v) is 21.4. The van der Waals surface area contributed by atoms with Crippen LogP contribution in [0, 0.1) is 0 Å². The number of furan rings is 1. The first kappa shape index (κ1) is 42.7. The molecule has 2 aliphatic carbocycles. The van der Waals surface area contributed by atoms with Crippen LogP contribution in [0.25, 0.3) is 64.4 Å². The van der Waals surface area contributed by atoms with Crippen LogP contribution >= 0.6 is 11.3 Å². The minimum atomic E-state index is -0.580. The highest BCUT2D eigenvalue weighted by molar-refractivity contribution is 7.26. The van der Waals surface area contributed by atoms with Crippen LogP contribution in [-0.2, 0) is 10.8 Å². The minimum Gasteiger partial charge on any atom is -0.456 e. The van der Waals surface area contributed by atoms with Crippen LogP contribution in [0.5, 0.6) is 0 Å². The van der Waals surface area contributed by atoms with Gasteiger partial charge in [0.25, 0.3) is 0 Å². The van der Waals surface area contributed by atoms with Crippen LogP contribution in [0.1, 0.15) is 47.2 Å². The SMILES string of the molecule is CC1(C)c2ccccc2-c2c(N(c3cccc(N(c4cccc5c4-c4ccccc4C5(c4ccccc4)c4ccccc4)c4cccc5oc6ccccc6c45)c3)c3cccc4sc5ccccc5c34)cccc21. The van der Waals surface area contributed by atoms with E-state index in [9.17, 15) is 0 Å². The molecule has 15 rings (SSSR count). The molecule has 74 heavy (non-hydrogen) atoms. The first-order valence-corrected chi connectivity index (χ1v) is 26.4. The molecular formula is C70H48N2OS. The maximum absolute atomic E-state index is 6.71. The van der Waals surface area contributed by atoms with Crippen molar-refractivity contribution < 1.29 is 4.42 Å². The van der Waals surface area contributed by atoms with E-state index in [-0.39, 0.29) is 5.41 Å². The molecule has 4 heteroatoms. The summed E-state index contributed by atoms with van der Waals surface area (Å²) in [6.07, 6.45) is 0. The predicted octanol–water partition coefficient (Wildman–Crippen LogP) is 19.6. The van der Waals surface area contributed by atoms with Gasteiger partial charge in [-0.2, -0.15) is 0 Å². The molecule has 0 N–H and O–H groups in total. The topological polar surface area (TPSA) is 19.6 Å². The number of hydrogen-bond acceptors (Lipinski definition) is 4. The van der Waals surface area contributed by atoms with Gasteiger partial charge in [0.2, 0.25) is 0 Å². The Morgan fingerprint density at radius 1 is 0.351 bits per heavy atom. The fourth-order valence-electron chi connectivity index (χ4n) is 13.1. The standard InChI is InChI=1S/C70H48N2OS/c1-69(2)53-32-13-9-28-49(53)65-55(69)34-18-36-57(65)72(60-39-21-43-64-68(60)52-31-12-16-42-63(52)74-64)48-27-17-26-47(44-48)71(59-38-20-41-62-67(59)51-30-11-15-40-61(51)73-62)58-37-19-35-56-66(58)50-29-10-14-33-54(50)70(56,45-22-5-3-6-23-45)46-24-7-4-8-25-46/h3-44H,1-2H3. The third-order valence-electron chi connectivity index (χ3n) is 16.1. The summed E-state index contributed by atoms with van der Waals surface area (Å²) in [5, 5.41) is 4.66. The van der Waals surface area contributed by atoms with Gasteiger partial charge in [-0.3, -0.25) is 0 Å². The maximum Gasteiger partial charge on any atom is 0.137 e. The van der Waals surface area contributed by atoms with Crippen molar-refractivity contribution in [3.05, 3.63) is 288 Å². The van der Waals surface area contributed by atoms with Crippen molar-refractivity contribution in [2.45, 2.75) is 24.7 Å². The smallest absolute Gasteiger partial charge is 0.137 e. The second kappa shape index (κ2) is 16.3. The minimum absolute atomic E-state index is 0.182. The van der Waals surface area contributed by atoms with E-state index in [1.165, 1.54) is 75.8 Å². The van der Waals surface area contributed by atoms with E-state index < -0.39 is 5.41 Å². The molecule has 350 valence electrons. The Labute approximate surface area is 434 Å². The van der Waals surface area contributed by atoms with Crippen LogP contribution in [0.3, 0.4) is 0 Å². The van der Waals surface area contributed by atoms with Crippen LogP contribution in [0.2, 0.25) is 0 Å². The number of rotatable bonds is 8. The van der Waals surface area contributed by atoms with Gasteiger partial charge >= 0.3 is 0 Å². The van der Waals surface area contributed by atoms with E-state index in [0.717, 1.165) is 56.1 Å². The Morgan fingerprint density at radius 2 is 0.824 bits per heavy atom. The highest BCUT2D eigenvalue weighted by atomic mass is 32.1. The molecule has 11 aromatic carbocycles. The molecule has 0 unspecified atom stereocenters. The van der Waals surface area contributed by atoms with E-state index in [0.29, 0.717) is 0 Å². The molecule has 2 aliphatic rings. The van der Waals surface area contributed by atoms with Crippen molar-refractivity contribution in [2.24, 2.45) is 0 Å². The number of nitrogens with zero attached hydrogens (tertiary/aromatic N) is 2. The first-order valence-electron chi connectivity index (χ1n) is 25.6. The Kier molecular flexibility index (Phi) is 9.39. The summed E-state index contributed by atoms with van der Waals surface area (Å²) in [6.45, 7) is 4.75. The lowest BCUT2D eigenvalue weighted by atomic mass is 9.68. The lowest BCUT2D eigenvalue weighted by Gasteiger charge is -2.35. The normalized spacial score (nSPS) is 13.8. The maximum atomic E-state index is 6.71. The number of thiophene rings is 1. The Bertz CT molecular complexity index is 4330. The summed E-state index contributed by atoms with van der Waals surface area (Å²) in [7, 11) is 0. The third kappa shape index (κ3) is 6.00. The fourth-order valence-corrected chi connectivity index (χ4v) is 14.2. The van der Waals surface area contributed by atoms with Crippen molar-refractivity contribution in [3.8, 4) is 22.3 Å². The third-order valence-corrected chi connectivity index (χ3v) is 17.3. The van der Waals surface area contributed by atoms with Gasteiger partial charge < -0.3 is 14.2 Å². The molecule has 2 aromatic heterocycles. The summed E-state index contributed by atoms with van der Waals surface area (Å²) in [5.74, 6) is 0. The van der Waals surface area contributed by atoms with Crippen LogP contribution in [-0.4, -0.2) is 0 Å². The molecule has 0 amide bonds. The Balaban J connectivity index is 1.04. The molecular weight excluding hydrogens is 917 g/mol. The van der Waals surface area contributed by atoms with E-state index >= 15 is 0 Å². The van der Waals surface area contributed by atoms with E-state index in [1.807, 2.05) is 11.3 Å². The molecule has 0 spiro atoms. The molecule has 13 aromatic rings. The van der Waals surface area contributed by atoms with Crippen LogP contribution < -0.4 is 9.80 Å². The van der Waals surface area contributed by atoms with Crippen molar-refractivity contribution in [1.29, 1.82) is 0 Å². The highest BCUT2D eigenvalue weighted by Gasteiger charge is 2.47. The second-order valence-electron chi connectivity index (χ2n) is 20.3. The molecule has 0 saturated heterocycles. The average Bonchev–Trinajstić information content (AvgIpc) is 4.19. The average molecular weight is 965 g/mol. The predicted molar refractivity (Wildman–Crippen MR) is 311 cm³/mol. The monoisotopic (exact) mass is 964 g/mol. The summed E-state index contributed by atoms with van der Waals surface area (Å²) in [5.41, 5.74) is 20.1. The lowest BCUT2D eigenvalue weighted by molar-refractivity contribution is 0.660. The van der Waals surface area contributed by atoms with Crippen molar-refractivity contribution in [3.63, 3.8) is 0 Å². The van der Waals surface area contributed by atoms with Crippen molar-refractivity contribution in [2.75, 3.05) is 9.80 Å². The molecule has 0 fully saturated rings. The molecule has 0 radical (unpaired) electrons. The number of para-hydroxylation sites is 1. The number of hydrogen-bond donors (Lipinski definition) is 0. The van der Waals surface area contributed by atoms with Crippen molar-refractivity contribution in [1.82, 2.24) is 0 Å². The van der Waals surface area contributed by atoms with Gasteiger partial charge in [-0.15, -0.1) is 11.3 Å². The van der Waals surface area contributed by atoms with Crippen LogP contribution in [0.4, 0.5) is 34.1 Å². The van der Waals surface area contributed by atoms with Crippen LogP contribution in [0.15, 0.2) is 259 Å². The van der Waals surface area contributed by atoms with E-state index in [1.54, 1.807) is 0 Å². The molecule has 0 aliphatic heterocycles. The number of fused-ring (bicyclic) bond motifs is 12. The van der Waals surface area contributed by atoms with E-state index in [4.69, 9.17) is 4.42 Å². The first-order chi connectivity index (χ1) is 36.5. The largest absolute Gasteiger partial charge is 0.456 e.